The second-order valence-electron chi connectivity index (χ2n) is 0.430. The lowest BCUT2D eigenvalue weighted by Gasteiger charge is -1.58. The van der Waals surface area contributed by atoms with Crippen LogP contribution in [0.1, 0.15) is 0 Å². The number of hydrogen-bond donors (Lipinski definition) is 1. The van der Waals surface area contributed by atoms with Gasteiger partial charge in [-0.05, 0) is 0 Å². The molecule has 0 radical (unpaired) electrons. The summed E-state index contributed by atoms with van der Waals surface area (Å²) < 4.78 is 9.13. The van der Waals surface area contributed by atoms with Crippen molar-refractivity contribution in [3.63, 3.8) is 0 Å². The van der Waals surface area contributed by atoms with Gasteiger partial charge in [0.1, 0.15) is 0 Å². The van der Waals surface area contributed by atoms with Crippen molar-refractivity contribution in [1.82, 2.24) is 0 Å². The first-order chi connectivity index (χ1) is 2.27. The molecule has 2 N–H and O–H groups in total. The Bertz CT molecular complexity index is 60.7. The third-order valence-corrected chi connectivity index (χ3v) is 0.270. The fraction of sp³-hybridized carbons (Fsp3) is 0. The number of carbonyl (C=O) groups excluding carboxylic acids is 1. The zero-order chi connectivity index (χ0) is 4.28. The number of primary amides is 1. The van der Waals surface area contributed by atoms with Gasteiger partial charge in [-0.2, -0.15) is 0 Å². The minimum atomic E-state index is -0.829. The number of nitrogens with two attached hydrogens (primary N) is 1. The number of hydrogen-bond acceptors (Lipinski definition) is 2. The Morgan fingerprint density at radius 3 is 2.00 bits per heavy atom. The van der Waals surface area contributed by atoms with E-state index in [9.17, 15) is 4.79 Å². The maximum Gasteiger partial charge on any atom is 0.309 e. The van der Waals surface area contributed by atoms with E-state index in [2.05, 4.69) is 5.73 Å². The zero-order valence-electron chi connectivity index (χ0n) is 2.34. The van der Waals surface area contributed by atoms with Crippen LogP contribution in [0.4, 0.5) is 4.79 Å². The number of carbonyl (C=O) groups is 1. The summed E-state index contributed by atoms with van der Waals surface area (Å²) >= 11 is 0. The van der Waals surface area contributed by atoms with Gasteiger partial charge in [0.25, 0.3) is 8.46 Å². The van der Waals surface area contributed by atoms with Crippen molar-refractivity contribution in [3.05, 3.63) is 0 Å². The standard InChI is InChI=1S/CH2NO2P/c2-1(3)5-4/h(H2,2,3). The summed E-state index contributed by atoms with van der Waals surface area (Å²) in [5, 5.41) is 0. The van der Waals surface area contributed by atoms with Gasteiger partial charge in [-0.1, -0.05) is 0 Å². The topological polar surface area (TPSA) is 60.2 Å². The normalized spacial score (nSPS) is 8.00. The van der Waals surface area contributed by atoms with Crippen molar-refractivity contribution in [3.8, 4) is 0 Å². The van der Waals surface area contributed by atoms with Crippen LogP contribution in [-0.4, -0.2) is 5.65 Å². The third kappa shape index (κ3) is 3.57. The van der Waals surface area contributed by atoms with Gasteiger partial charge in [0, 0.05) is 0 Å². The maximum atomic E-state index is 9.27. The summed E-state index contributed by atoms with van der Waals surface area (Å²) in [6.07, 6.45) is 0. The molecule has 0 fully saturated rings. The zero-order valence-corrected chi connectivity index (χ0v) is 3.24. The molecule has 0 aromatic carbocycles. The molecule has 0 heterocycles. The van der Waals surface area contributed by atoms with Gasteiger partial charge in [-0.3, -0.25) is 9.36 Å². The van der Waals surface area contributed by atoms with Gasteiger partial charge >= 0.3 is 5.65 Å². The fourth-order valence-corrected chi connectivity index (χ4v) is 0. The molecular weight excluding hydrogens is 89.0 g/mol. The Hall–Kier alpha value is -0.430. The molecular formula is CH2NO2P. The molecule has 0 saturated heterocycles. The molecule has 0 aromatic heterocycles. The highest BCUT2D eigenvalue weighted by Crippen LogP contribution is 1.84. The van der Waals surface area contributed by atoms with E-state index in [0.717, 1.165) is 0 Å². The molecule has 0 aliphatic rings. The Balaban J connectivity index is 3.20. The lowest BCUT2D eigenvalue weighted by molar-refractivity contribution is 0.266. The highest BCUT2D eigenvalue weighted by molar-refractivity contribution is 7.45. The summed E-state index contributed by atoms with van der Waals surface area (Å²) in [5.41, 5.74) is 3.50. The average Bonchev–Trinajstić information content (AvgIpc) is 1.38. The minimum Gasteiger partial charge on any atom is -0.359 e. The van der Waals surface area contributed by atoms with Gasteiger partial charge in [0.05, 0.1) is 0 Å². The van der Waals surface area contributed by atoms with Crippen LogP contribution in [0.2, 0.25) is 0 Å². The quantitative estimate of drug-likeness (QED) is 0.473. The summed E-state index contributed by atoms with van der Waals surface area (Å²) in [6, 6.07) is 0. The smallest absolute Gasteiger partial charge is 0.309 e. The Morgan fingerprint density at radius 2 is 2.00 bits per heavy atom. The lowest BCUT2D eigenvalue weighted by atomic mass is 11.5. The van der Waals surface area contributed by atoms with Crippen LogP contribution in [0.15, 0.2) is 0 Å². The van der Waals surface area contributed by atoms with E-state index in [1.54, 1.807) is 0 Å². The minimum absolute atomic E-state index is 0.614. The van der Waals surface area contributed by atoms with Gasteiger partial charge in [-0.15, -0.1) is 0 Å². The number of rotatable bonds is 1. The van der Waals surface area contributed by atoms with Crippen molar-refractivity contribution in [2.45, 2.75) is 0 Å². The van der Waals surface area contributed by atoms with Crippen molar-refractivity contribution in [2.24, 2.45) is 5.73 Å². The molecule has 4 heteroatoms. The molecule has 1 amide bonds. The van der Waals surface area contributed by atoms with E-state index in [1.807, 2.05) is 0 Å². The van der Waals surface area contributed by atoms with Crippen molar-refractivity contribution in [2.75, 3.05) is 0 Å². The first-order valence-electron chi connectivity index (χ1n) is 0.899. The Labute approximate surface area is 30.4 Å². The van der Waals surface area contributed by atoms with E-state index in [0.29, 0.717) is 0 Å². The molecule has 0 unspecified atom stereocenters. The summed E-state index contributed by atoms with van der Waals surface area (Å²) in [7, 11) is -0.614. The van der Waals surface area contributed by atoms with Gasteiger partial charge < -0.3 is 5.73 Å². The van der Waals surface area contributed by atoms with Crippen LogP contribution < -0.4 is 5.73 Å². The second kappa shape index (κ2) is 1.85. The third-order valence-electron chi connectivity index (χ3n) is 0.0900. The van der Waals surface area contributed by atoms with Crippen LogP contribution >= 0.6 is 8.46 Å². The molecule has 0 bridgehead atoms. The van der Waals surface area contributed by atoms with E-state index in [-0.39, 0.29) is 0 Å². The lowest BCUT2D eigenvalue weighted by Crippen LogP contribution is -1.95. The Morgan fingerprint density at radius 1 is 1.80 bits per heavy atom. The molecule has 0 aromatic rings. The van der Waals surface area contributed by atoms with Crippen LogP contribution in [0, 0.1) is 0 Å². The summed E-state index contributed by atoms with van der Waals surface area (Å²) in [4.78, 5) is 9.27. The second-order valence-corrected chi connectivity index (χ2v) is 1.05. The van der Waals surface area contributed by atoms with Gasteiger partial charge in [-0.25, -0.2) is 0 Å². The van der Waals surface area contributed by atoms with Crippen LogP contribution in [0.5, 0.6) is 0 Å². The van der Waals surface area contributed by atoms with Crippen LogP contribution in [-0.2, 0) is 4.57 Å². The molecule has 3 nitrogen and oxygen atoms in total. The van der Waals surface area contributed by atoms with E-state index in [1.165, 1.54) is 0 Å². The van der Waals surface area contributed by atoms with E-state index >= 15 is 0 Å². The first-order valence-corrected chi connectivity index (χ1v) is 1.71. The molecule has 0 spiro atoms. The van der Waals surface area contributed by atoms with E-state index < -0.39 is 14.1 Å². The molecule has 0 rings (SSSR count). The highest BCUT2D eigenvalue weighted by atomic mass is 31.1. The summed E-state index contributed by atoms with van der Waals surface area (Å²) in [5.74, 6) is 0. The highest BCUT2D eigenvalue weighted by Gasteiger charge is 1.79. The average molecular weight is 91.0 g/mol. The van der Waals surface area contributed by atoms with Crippen LogP contribution in [0.3, 0.4) is 0 Å². The SMILES string of the molecule is NC(=O)P=O. The molecule has 0 aliphatic heterocycles. The van der Waals surface area contributed by atoms with Crippen molar-refractivity contribution < 1.29 is 9.36 Å². The molecule has 5 heavy (non-hydrogen) atoms. The molecule has 0 saturated carbocycles. The van der Waals surface area contributed by atoms with E-state index in [4.69, 9.17) is 4.57 Å². The first kappa shape index (κ1) is 4.57. The molecule has 0 aliphatic carbocycles. The monoisotopic (exact) mass is 91.0 g/mol. The fourth-order valence-electron chi connectivity index (χ4n) is 0. The predicted molar refractivity (Wildman–Crippen MR) is 17.2 cm³/mol. The molecule has 28 valence electrons. The summed E-state index contributed by atoms with van der Waals surface area (Å²) in [6.45, 7) is 0. The number of amides is 1. The maximum absolute atomic E-state index is 9.27. The van der Waals surface area contributed by atoms with Crippen molar-refractivity contribution in [1.29, 1.82) is 0 Å². The van der Waals surface area contributed by atoms with Gasteiger partial charge in [0.15, 0.2) is 0 Å². The Kier molecular flexibility index (Phi) is 1.69. The van der Waals surface area contributed by atoms with Gasteiger partial charge in [0.2, 0.25) is 0 Å². The largest absolute Gasteiger partial charge is 0.359 e. The van der Waals surface area contributed by atoms with Crippen molar-refractivity contribution >= 4 is 14.1 Å². The molecule has 0 atom stereocenters. The van der Waals surface area contributed by atoms with Crippen LogP contribution in [0.25, 0.3) is 0 Å². The predicted octanol–water partition coefficient (Wildman–Crippen LogP) is 0.357.